The maximum absolute atomic E-state index is 12.0. The van der Waals surface area contributed by atoms with Crippen molar-refractivity contribution in [3.05, 3.63) is 0 Å². The number of carbonyl (C=O) groups is 1. The quantitative estimate of drug-likeness (QED) is 0.646. The van der Waals surface area contributed by atoms with E-state index in [1.165, 1.54) is 7.05 Å². The molecular weight excluding hydrogens is 289 g/mol. The number of alkyl halides is 3. The summed E-state index contributed by atoms with van der Waals surface area (Å²) < 4.78 is 65.3. The first-order valence-corrected chi connectivity index (χ1v) is 6.71. The molecule has 0 radical (unpaired) electrons. The third-order valence-corrected chi connectivity index (χ3v) is 4.30. The molecule has 0 spiro atoms. The lowest BCUT2D eigenvalue weighted by Gasteiger charge is -2.24. The summed E-state index contributed by atoms with van der Waals surface area (Å²) in [5.74, 6) is -0.597. The Morgan fingerprint density at radius 2 is 1.63 bits per heavy atom. The fourth-order valence-corrected chi connectivity index (χ4v) is 2.22. The molecule has 0 atom stereocenters. The Balaban J connectivity index is 4.46. The number of nitrogens with zero attached hydrogens (tertiary/aromatic N) is 2. The Hall–Kier alpha value is -0.870. The van der Waals surface area contributed by atoms with Crippen molar-refractivity contribution in [2.24, 2.45) is 0 Å². The third-order valence-electron chi connectivity index (χ3n) is 2.36. The molecule has 0 aromatic heterocycles. The molecule has 0 saturated carbocycles. The van der Waals surface area contributed by atoms with E-state index in [4.69, 9.17) is 0 Å². The van der Waals surface area contributed by atoms with Crippen LogP contribution >= 0.6 is 0 Å². The van der Waals surface area contributed by atoms with Crippen LogP contribution in [-0.2, 0) is 19.7 Å². The smallest absolute Gasteiger partial charge is 0.390 e. The van der Waals surface area contributed by atoms with Crippen molar-refractivity contribution < 1.29 is 31.1 Å². The SMILES string of the molecule is COC(=O)CCN(C)S(=O)(=O)N(C)CCC(F)(F)F. The van der Waals surface area contributed by atoms with E-state index in [1.54, 1.807) is 0 Å². The summed E-state index contributed by atoms with van der Waals surface area (Å²) in [4.78, 5) is 10.9. The van der Waals surface area contributed by atoms with Gasteiger partial charge in [0.1, 0.15) is 0 Å². The second kappa shape index (κ2) is 7.06. The van der Waals surface area contributed by atoms with Crippen LogP contribution in [0.3, 0.4) is 0 Å². The number of ether oxygens (including phenoxy) is 1. The molecule has 0 fully saturated rings. The van der Waals surface area contributed by atoms with Crippen molar-refractivity contribution >= 4 is 16.2 Å². The zero-order chi connectivity index (χ0) is 15.3. The lowest BCUT2D eigenvalue weighted by atomic mass is 10.4. The molecular formula is C9H17F3N2O4S. The van der Waals surface area contributed by atoms with Crippen molar-refractivity contribution in [3.63, 3.8) is 0 Å². The summed E-state index contributed by atoms with van der Waals surface area (Å²) in [5, 5.41) is 0. The van der Waals surface area contributed by atoms with Gasteiger partial charge in [-0.1, -0.05) is 0 Å². The number of rotatable bonds is 7. The monoisotopic (exact) mass is 306 g/mol. The van der Waals surface area contributed by atoms with Gasteiger partial charge in [0.2, 0.25) is 0 Å². The van der Waals surface area contributed by atoms with Gasteiger partial charge in [0, 0.05) is 27.2 Å². The van der Waals surface area contributed by atoms with Gasteiger partial charge in [0.15, 0.2) is 0 Å². The van der Waals surface area contributed by atoms with E-state index in [0.717, 1.165) is 18.5 Å². The molecule has 0 aromatic carbocycles. The van der Waals surface area contributed by atoms with E-state index < -0.39 is 35.3 Å². The Labute approximate surface area is 110 Å². The minimum Gasteiger partial charge on any atom is -0.469 e. The summed E-state index contributed by atoms with van der Waals surface area (Å²) in [6.45, 7) is -0.834. The van der Waals surface area contributed by atoms with Crippen molar-refractivity contribution in [2.45, 2.75) is 19.0 Å². The molecule has 0 amide bonds. The standard InChI is InChI=1S/C9H17F3N2O4S/c1-13(6-4-8(15)18-3)19(16,17)14(2)7-5-9(10,11)12/h4-7H2,1-3H3. The molecule has 0 aliphatic rings. The highest BCUT2D eigenvalue weighted by molar-refractivity contribution is 7.86. The average molecular weight is 306 g/mol. The summed E-state index contributed by atoms with van der Waals surface area (Å²) in [6, 6.07) is 0. The van der Waals surface area contributed by atoms with E-state index in [9.17, 15) is 26.4 Å². The summed E-state index contributed by atoms with van der Waals surface area (Å²) in [7, 11) is -0.613. The summed E-state index contributed by atoms with van der Waals surface area (Å²) >= 11 is 0. The van der Waals surface area contributed by atoms with Crippen LogP contribution in [0.2, 0.25) is 0 Å². The molecule has 0 rings (SSSR count). The summed E-state index contributed by atoms with van der Waals surface area (Å²) in [5.41, 5.74) is 0. The summed E-state index contributed by atoms with van der Waals surface area (Å²) in [6.07, 6.45) is -5.82. The van der Waals surface area contributed by atoms with Crippen LogP contribution in [0.1, 0.15) is 12.8 Å². The van der Waals surface area contributed by atoms with Gasteiger partial charge in [-0.05, 0) is 0 Å². The van der Waals surface area contributed by atoms with E-state index >= 15 is 0 Å². The lowest BCUT2D eigenvalue weighted by molar-refractivity contribution is -0.140. The molecule has 6 nitrogen and oxygen atoms in total. The van der Waals surface area contributed by atoms with Crippen molar-refractivity contribution in [3.8, 4) is 0 Å². The number of hydrogen-bond acceptors (Lipinski definition) is 4. The number of hydrogen-bond donors (Lipinski definition) is 0. The highest BCUT2D eigenvalue weighted by atomic mass is 32.2. The molecule has 19 heavy (non-hydrogen) atoms. The first-order valence-electron chi connectivity index (χ1n) is 5.32. The first-order chi connectivity index (χ1) is 8.50. The van der Waals surface area contributed by atoms with Crippen LogP contribution in [0.5, 0.6) is 0 Å². The van der Waals surface area contributed by atoms with Gasteiger partial charge < -0.3 is 4.74 Å². The largest absolute Gasteiger partial charge is 0.469 e. The zero-order valence-corrected chi connectivity index (χ0v) is 11.7. The van der Waals surface area contributed by atoms with Gasteiger partial charge in [-0.2, -0.15) is 30.2 Å². The van der Waals surface area contributed by atoms with Crippen LogP contribution in [0.25, 0.3) is 0 Å². The molecule has 10 heteroatoms. The van der Waals surface area contributed by atoms with Gasteiger partial charge in [0.25, 0.3) is 10.2 Å². The van der Waals surface area contributed by atoms with Crippen LogP contribution in [0.4, 0.5) is 13.2 Å². The number of halogens is 3. The number of esters is 1. The predicted octanol–water partition coefficient (Wildman–Crippen LogP) is 0.610. The zero-order valence-electron chi connectivity index (χ0n) is 10.9. The topological polar surface area (TPSA) is 66.9 Å². The molecule has 0 unspecified atom stereocenters. The molecule has 0 heterocycles. The highest BCUT2D eigenvalue weighted by Crippen LogP contribution is 2.20. The van der Waals surface area contributed by atoms with Crippen LogP contribution in [0.15, 0.2) is 0 Å². The van der Waals surface area contributed by atoms with Gasteiger partial charge in [0.05, 0.1) is 20.0 Å². The Bertz CT molecular complexity index is 397. The lowest BCUT2D eigenvalue weighted by Crippen LogP contribution is -2.41. The minimum atomic E-state index is -4.42. The van der Waals surface area contributed by atoms with Gasteiger partial charge >= 0.3 is 12.1 Å². The van der Waals surface area contributed by atoms with Crippen LogP contribution in [0, 0.1) is 0 Å². The van der Waals surface area contributed by atoms with Gasteiger partial charge in [-0.25, -0.2) is 0 Å². The normalized spacial score (nSPS) is 13.1. The van der Waals surface area contributed by atoms with E-state index in [0.29, 0.717) is 4.31 Å². The van der Waals surface area contributed by atoms with Gasteiger partial charge in [-0.3, -0.25) is 4.79 Å². The minimum absolute atomic E-state index is 0.161. The fourth-order valence-electron chi connectivity index (χ4n) is 1.10. The molecule has 0 aliphatic carbocycles. The fraction of sp³-hybridized carbons (Fsp3) is 0.889. The Morgan fingerprint density at radius 1 is 1.16 bits per heavy atom. The van der Waals surface area contributed by atoms with Crippen molar-refractivity contribution in [2.75, 3.05) is 34.3 Å². The highest BCUT2D eigenvalue weighted by Gasteiger charge is 2.31. The van der Waals surface area contributed by atoms with Crippen LogP contribution in [-0.4, -0.2) is 63.5 Å². The van der Waals surface area contributed by atoms with Crippen molar-refractivity contribution in [1.82, 2.24) is 8.61 Å². The molecule has 114 valence electrons. The second-order valence-corrected chi connectivity index (χ2v) is 5.98. The average Bonchev–Trinajstić information content (AvgIpc) is 2.31. The molecule has 0 saturated heterocycles. The predicted molar refractivity (Wildman–Crippen MR) is 61.5 cm³/mol. The molecule has 0 N–H and O–H groups in total. The Morgan fingerprint density at radius 3 is 2.05 bits per heavy atom. The van der Waals surface area contributed by atoms with Crippen molar-refractivity contribution in [1.29, 1.82) is 0 Å². The maximum atomic E-state index is 12.0. The first kappa shape index (κ1) is 18.1. The maximum Gasteiger partial charge on any atom is 0.390 e. The van der Waals surface area contributed by atoms with E-state index in [-0.39, 0.29) is 13.0 Å². The Kier molecular flexibility index (Phi) is 6.73. The van der Waals surface area contributed by atoms with E-state index in [1.807, 2.05) is 0 Å². The second-order valence-electron chi connectivity index (χ2n) is 3.84. The van der Waals surface area contributed by atoms with Gasteiger partial charge in [-0.15, -0.1) is 0 Å². The van der Waals surface area contributed by atoms with E-state index in [2.05, 4.69) is 4.74 Å². The number of methoxy groups -OCH3 is 1. The third kappa shape index (κ3) is 6.73. The number of carbonyl (C=O) groups excluding carboxylic acids is 1. The van der Waals surface area contributed by atoms with Crippen LogP contribution < -0.4 is 0 Å². The molecule has 0 bridgehead atoms. The molecule has 0 aromatic rings. The molecule has 0 aliphatic heterocycles.